The highest BCUT2D eigenvalue weighted by Crippen LogP contribution is 2.36. The van der Waals surface area contributed by atoms with Crippen molar-refractivity contribution in [3.8, 4) is 5.75 Å². The molecule has 104 valence electrons. The van der Waals surface area contributed by atoms with Gasteiger partial charge in [0.2, 0.25) is 5.43 Å². The molecule has 0 unspecified atom stereocenters. The van der Waals surface area contributed by atoms with Crippen molar-refractivity contribution in [1.29, 1.82) is 0 Å². The molecule has 1 saturated heterocycles. The summed E-state index contributed by atoms with van der Waals surface area (Å²) in [5.41, 5.74) is 0.774. The van der Waals surface area contributed by atoms with Crippen molar-refractivity contribution in [2.75, 3.05) is 33.2 Å². The van der Waals surface area contributed by atoms with Gasteiger partial charge in [-0.1, -0.05) is 0 Å². The standard InChI is InChI=1S/C14H21N3O2/c1-15-4-6-16(7-5-15)9-12-8-13(18)14(19)10-17(12)11-2-3-11/h8,10-11,19H,2-7,9H2,1H3. The smallest absolute Gasteiger partial charge is 0.223 e. The zero-order valence-electron chi connectivity index (χ0n) is 11.4. The predicted molar refractivity (Wildman–Crippen MR) is 73.4 cm³/mol. The molecule has 1 saturated carbocycles. The van der Waals surface area contributed by atoms with E-state index in [0.717, 1.165) is 51.3 Å². The van der Waals surface area contributed by atoms with Crippen LogP contribution in [0.1, 0.15) is 24.6 Å². The zero-order chi connectivity index (χ0) is 13.4. The van der Waals surface area contributed by atoms with Crippen LogP contribution in [0.25, 0.3) is 0 Å². The molecule has 1 aromatic rings. The Morgan fingerprint density at radius 3 is 2.58 bits per heavy atom. The third-order valence-corrected chi connectivity index (χ3v) is 4.06. The molecule has 5 heteroatoms. The van der Waals surface area contributed by atoms with Crippen LogP contribution < -0.4 is 5.43 Å². The largest absolute Gasteiger partial charge is 0.503 e. The van der Waals surface area contributed by atoms with Gasteiger partial charge < -0.3 is 14.6 Å². The van der Waals surface area contributed by atoms with Gasteiger partial charge in [0.05, 0.1) is 6.20 Å². The van der Waals surface area contributed by atoms with E-state index in [0.29, 0.717) is 6.04 Å². The molecule has 19 heavy (non-hydrogen) atoms. The monoisotopic (exact) mass is 263 g/mol. The van der Waals surface area contributed by atoms with Crippen LogP contribution in [0.3, 0.4) is 0 Å². The number of piperazine rings is 1. The molecule has 0 aromatic carbocycles. The maximum Gasteiger partial charge on any atom is 0.223 e. The number of hydrogen-bond acceptors (Lipinski definition) is 4. The number of hydrogen-bond donors (Lipinski definition) is 1. The SMILES string of the molecule is CN1CCN(Cc2cc(=O)c(O)cn2C2CC2)CC1. The number of aromatic hydroxyl groups is 1. The second kappa shape index (κ2) is 4.98. The van der Waals surface area contributed by atoms with Gasteiger partial charge in [0.15, 0.2) is 5.75 Å². The summed E-state index contributed by atoms with van der Waals surface area (Å²) in [6, 6.07) is 2.08. The summed E-state index contributed by atoms with van der Waals surface area (Å²) in [5, 5.41) is 9.59. The van der Waals surface area contributed by atoms with Crippen LogP contribution in [0.5, 0.6) is 5.75 Å². The van der Waals surface area contributed by atoms with Gasteiger partial charge in [0.25, 0.3) is 0 Å². The van der Waals surface area contributed by atoms with Crippen molar-refractivity contribution >= 4 is 0 Å². The fourth-order valence-corrected chi connectivity index (χ4v) is 2.63. The van der Waals surface area contributed by atoms with Gasteiger partial charge >= 0.3 is 0 Å². The van der Waals surface area contributed by atoms with Crippen molar-refractivity contribution in [2.45, 2.75) is 25.4 Å². The van der Waals surface area contributed by atoms with E-state index in [9.17, 15) is 9.90 Å². The highest BCUT2D eigenvalue weighted by atomic mass is 16.3. The average Bonchev–Trinajstić information content (AvgIpc) is 3.20. The Hall–Kier alpha value is -1.33. The first-order chi connectivity index (χ1) is 9.13. The first-order valence-electron chi connectivity index (χ1n) is 6.98. The lowest BCUT2D eigenvalue weighted by Gasteiger charge is -2.32. The third-order valence-electron chi connectivity index (χ3n) is 4.06. The lowest BCUT2D eigenvalue weighted by atomic mass is 10.2. The molecular weight excluding hydrogens is 242 g/mol. The van der Waals surface area contributed by atoms with E-state index >= 15 is 0 Å². The Bertz CT molecular complexity index is 514. The quantitative estimate of drug-likeness (QED) is 0.869. The highest BCUT2D eigenvalue weighted by molar-refractivity contribution is 5.22. The molecule has 0 radical (unpaired) electrons. The van der Waals surface area contributed by atoms with Crippen LogP contribution in [0, 0.1) is 0 Å². The molecule has 2 heterocycles. The first-order valence-corrected chi connectivity index (χ1v) is 6.98. The minimum atomic E-state index is -0.263. The van der Waals surface area contributed by atoms with E-state index in [4.69, 9.17) is 0 Å². The summed E-state index contributed by atoms with van der Waals surface area (Å²) < 4.78 is 2.09. The maximum atomic E-state index is 11.6. The first kappa shape index (κ1) is 12.7. The second-order valence-corrected chi connectivity index (χ2v) is 5.73. The van der Waals surface area contributed by atoms with E-state index < -0.39 is 0 Å². The normalized spacial score (nSPS) is 21.7. The molecule has 1 aliphatic heterocycles. The van der Waals surface area contributed by atoms with Crippen LogP contribution in [0.2, 0.25) is 0 Å². The Labute approximate surface area is 113 Å². The van der Waals surface area contributed by atoms with Crippen LogP contribution in [0.4, 0.5) is 0 Å². The fourth-order valence-electron chi connectivity index (χ4n) is 2.63. The highest BCUT2D eigenvalue weighted by Gasteiger charge is 2.26. The Kier molecular flexibility index (Phi) is 3.33. The lowest BCUT2D eigenvalue weighted by molar-refractivity contribution is 0.145. The molecule has 1 aliphatic carbocycles. The van der Waals surface area contributed by atoms with Gasteiger partial charge in [0.1, 0.15) is 0 Å². The zero-order valence-corrected chi connectivity index (χ0v) is 11.4. The van der Waals surface area contributed by atoms with Crippen LogP contribution in [-0.2, 0) is 6.54 Å². The van der Waals surface area contributed by atoms with E-state index in [1.54, 1.807) is 12.3 Å². The summed E-state index contributed by atoms with van der Waals surface area (Å²) in [6.07, 6.45) is 3.92. The topological polar surface area (TPSA) is 48.7 Å². The number of nitrogens with zero attached hydrogens (tertiary/aromatic N) is 3. The molecule has 3 rings (SSSR count). The van der Waals surface area contributed by atoms with Crippen LogP contribution >= 0.6 is 0 Å². The summed E-state index contributed by atoms with van der Waals surface area (Å²) in [6.45, 7) is 5.03. The number of likely N-dealkylation sites (N-methyl/N-ethyl adjacent to an activating group) is 1. The van der Waals surface area contributed by atoms with E-state index in [1.807, 2.05) is 0 Å². The summed E-state index contributed by atoms with van der Waals surface area (Å²) in [7, 11) is 2.14. The van der Waals surface area contributed by atoms with Crippen LogP contribution in [-0.4, -0.2) is 52.7 Å². The van der Waals surface area contributed by atoms with Gasteiger partial charge in [-0.05, 0) is 19.9 Å². The number of rotatable bonds is 3. The summed E-state index contributed by atoms with van der Waals surface area (Å²) in [4.78, 5) is 16.3. The molecule has 0 amide bonds. The summed E-state index contributed by atoms with van der Waals surface area (Å²) in [5.74, 6) is -0.131. The van der Waals surface area contributed by atoms with Crippen molar-refractivity contribution in [1.82, 2.24) is 14.4 Å². The van der Waals surface area contributed by atoms with Crippen LogP contribution in [0.15, 0.2) is 17.1 Å². The molecule has 5 nitrogen and oxygen atoms in total. The average molecular weight is 263 g/mol. The predicted octanol–water partition coefficient (Wildman–Crippen LogP) is 0.636. The minimum absolute atomic E-state index is 0.131. The lowest BCUT2D eigenvalue weighted by Crippen LogP contribution is -2.44. The van der Waals surface area contributed by atoms with E-state index in [-0.39, 0.29) is 11.2 Å². The van der Waals surface area contributed by atoms with E-state index in [1.165, 1.54) is 0 Å². The third kappa shape index (κ3) is 2.82. The summed E-state index contributed by atoms with van der Waals surface area (Å²) >= 11 is 0. The Morgan fingerprint density at radius 1 is 1.26 bits per heavy atom. The Morgan fingerprint density at radius 2 is 1.95 bits per heavy atom. The molecule has 0 spiro atoms. The van der Waals surface area contributed by atoms with Crippen molar-refractivity contribution < 1.29 is 5.11 Å². The van der Waals surface area contributed by atoms with Gasteiger partial charge in [-0.3, -0.25) is 9.69 Å². The van der Waals surface area contributed by atoms with Gasteiger partial charge in [-0.25, -0.2) is 0 Å². The molecule has 2 aliphatic rings. The minimum Gasteiger partial charge on any atom is -0.503 e. The fraction of sp³-hybridized carbons (Fsp3) is 0.643. The number of pyridine rings is 1. The maximum absolute atomic E-state index is 11.6. The van der Waals surface area contributed by atoms with Crippen molar-refractivity contribution in [3.63, 3.8) is 0 Å². The molecular formula is C14H21N3O2. The molecule has 1 N–H and O–H groups in total. The molecule has 1 aromatic heterocycles. The van der Waals surface area contributed by atoms with E-state index in [2.05, 4.69) is 21.4 Å². The van der Waals surface area contributed by atoms with Gasteiger partial charge in [0, 0.05) is 50.5 Å². The second-order valence-electron chi connectivity index (χ2n) is 5.73. The van der Waals surface area contributed by atoms with Crippen molar-refractivity contribution in [2.24, 2.45) is 0 Å². The number of aromatic nitrogens is 1. The molecule has 0 bridgehead atoms. The van der Waals surface area contributed by atoms with Gasteiger partial charge in [-0.2, -0.15) is 0 Å². The molecule has 2 fully saturated rings. The van der Waals surface area contributed by atoms with Gasteiger partial charge in [-0.15, -0.1) is 0 Å². The Balaban J connectivity index is 1.79. The van der Waals surface area contributed by atoms with Crippen molar-refractivity contribution in [3.05, 3.63) is 28.2 Å². The molecule has 0 atom stereocenters.